The predicted octanol–water partition coefficient (Wildman–Crippen LogP) is 0.617. The minimum atomic E-state index is 0.111. The molecule has 0 aliphatic heterocycles. The van der Waals surface area contributed by atoms with Gasteiger partial charge in [-0.25, -0.2) is 6.57 Å². The molecule has 0 saturated heterocycles. The molecule has 0 aliphatic rings. The predicted molar refractivity (Wildman–Crippen MR) is 15.8 cm³/mol. The van der Waals surface area contributed by atoms with E-state index in [0.29, 0.717) is 0 Å². The Bertz CT molecular complexity index is 33.0. The molecule has 0 unspecified atom stereocenters. The fraction of sp³-hybridized carbons (Fsp3) is 0.333. The molecule has 0 saturated carbocycles. The second-order valence-corrected chi connectivity index (χ2v) is 0.341. The van der Waals surface area contributed by atoms with Gasteiger partial charge in [0, 0.05) is 0 Å². The quantitative estimate of drug-likeness (QED) is 0.356. The molecule has 0 aromatic heterocycles. The lowest BCUT2D eigenvalue weighted by Crippen LogP contribution is -1.48. The largest absolute Gasteiger partial charge is 0.317 e. The van der Waals surface area contributed by atoms with Crippen LogP contribution < -0.4 is 0 Å². The minimum Gasteiger partial charge on any atom is -0.317 e. The summed E-state index contributed by atoms with van der Waals surface area (Å²) >= 11 is 0. The summed E-state index contributed by atoms with van der Waals surface area (Å²) in [5.74, 6) is 0. The van der Waals surface area contributed by atoms with Crippen LogP contribution in [-0.2, 0) is 0 Å². The van der Waals surface area contributed by atoms with Crippen molar-refractivity contribution >= 4 is 0 Å². The summed E-state index contributed by atoms with van der Waals surface area (Å²) in [6, 6.07) is 0. The Morgan fingerprint density at radius 2 is 2.25 bits per heavy atom. The van der Waals surface area contributed by atoms with E-state index < -0.39 is 0 Å². The summed E-state index contributed by atoms with van der Waals surface area (Å²) in [6.45, 7) is 10.7. The maximum absolute atomic E-state index is 5.95. The molecule has 0 aromatic carbocycles. The Morgan fingerprint density at radius 3 is 2.25 bits per heavy atom. The molecule has 0 spiro atoms. The first kappa shape index (κ1) is 3.49. The zero-order chi connectivity index (χ0) is 3.41. The van der Waals surface area contributed by atoms with Crippen molar-refractivity contribution in [1.82, 2.24) is 0 Å². The van der Waals surface area contributed by atoms with Gasteiger partial charge < -0.3 is 4.85 Å². The van der Waals surface area contributed by atoms with Crippen LogP contribution in [0.3, 0.4) is 0 Å². The van der Waals surface area contributed by atoms with E-state index in [1.165, 1.54) is 0 Å². The summed E-state index contributed by atoms with van der Waals surface area (Å²) in [5.41, 5.74) is 0. The van der Waals surface area contributed by atoms with E-state index in [2.05, 4.69) is 11.8 Å². The molecule has 4 heavy (non-hydrogen) atoms. The highest BCUT2D eigenvalue weighted by atomic mass is 14.6. The standard InChI is InChI=1S/C3H3N/c1-3-4-2/h1H,3H2. The van der Waals surface area contributed by atoms with Crippen molar-refractivity contribution in [1.29, 1.82) is 0 Å². The summed E-state index contributed by atoms with van der Waals surface area (Å²) in [7, 11) is 0. The molecule has 1 nitrogen and oxygen atoms in total. The van der Waals surface area contributed by atoms with Gasteiger partial charge in [-0.1, -0.05) is 0 Å². The van der Waals surface area contributed by atoms with E-state index >= 15 is 0 Å². The summed E-state index contributed by atoms with van der Waals surface area (Å²) in [5, 5.41) is 0. The third-order valence-electron chi connectivity index (χ3n) is 0.0913. The summed E-state index contributed by atoms with van der Waals surface area (Å²) in [6.07, 6.45) is 0. The molecule has 0 amide bonds. The summed E-state index contributed by atoms with van der Waals surface area (Å²) in [4.78, 5) is 2.76. The normalized spacial score (nSPS) is 5.00. The monoisotopic (exact) mass is 53.0 g/mol. The molecule has 0 rings (SSSR count). The van der Waals surface area contributed by atoms with E-state index in [9.17, 15) is 0 Å². The van der Waals surface area contributed by atoms with Crippen molar-refractivity contribution in [2.75, 3.05) is 6.54 Å². The maximum atomic E-state index is 5.95. The highest BCUT2D eigenvalue weighted by Gasteiger charge is 1.51. The first-order valence-electron chi connectivity index (χ1n) is 0.948. The van der Waals surface area contributed by atoms with E-state index in [4.69, 9.17) is 6.57 Å². The second kappa shape index (κ2) is 2.49. The molecule has 20 valence electrons. The van der Waals surface area contributed by atoms with Crippen LogP contribution in [0.1, 0.15) is 0 Å². The van der Waals surface area contributed by atoms with E-state index in [1.807, 2.05) is 0 Å². The highest BCUT2D eigenvalue weighted by Crippen LogP contribution is 1.51. The number of hydrogen-bond acceptors (Lipinski definition) is 0. The topological polar surface area (TPSA) is 4.36 Å². The molecule has 2 radical (unpaired) electrons. The van der Waals surface area contributed by atoms with Crippen LogP contribution in [0.25, 0.3) is 4.85 Å². The molecule has 0 aromatic rings. The van der Waals surface area contributed by atoms with Crippen molar-refractivity contribution in [3.8, 4) is 0 Å². The van der Waals surface area contributed by atoms with Crippen molar-refractivity contribution in [2.45, 2.75) is 0 Å². The Kier molecular flexibility index (Phi) is 2.17. The third-order valence-corrected chi connectivity index (χ3v) is 0.0913. The Hall–Kier alpha value is -0.510. The lowest BCUT2D eigenvalue weighted by Gasteiger charge is -1.50. The summed E-state index contributed by atoms with van der Waals surface area (Å²) < 4.78 is 0. The van der Waals surface area contributed by atoms with Crippen molar-refractivity contribution in [3.63, 3.8) is 0 Å². The fourth-order valence-corrected chi connectivity index (χ4v) is 0. The molecular formula is C3H3N. The van der Waals surface area contributed by atoms with Gasteiger partial charge in [-0.05, 0) is 0 Å². The lowest BCUT2D eigenvalue weighted by molar-refractivity contribution is 1.55. The average molecular weight is 53.1 g/mol. The molecule has 0 atom stereocenters. The van der Waals surface area contributed by atoms with E-state index in [-0.39, 0.29) is 6.54 Å². The van der Waals surface area contributed by atoms with E-state index in [1.54, 1.807) is 0 Å². The van der Waals surface area contributed by atoms with Crippen molar-refractivity contribution in [2.24, 2.45) is 0 Å². The number of hydrogen-bond donors (Lipinski definition) is 0. The van der Waals surface area contributed by atoms with Crippen LogP contribution in [0.4, 0.5) is 0 Å². The molecule has 0 aliphatic carbocycles. The number of rotatable bonds is 0. The van der Waals surface area contributed by atoms with Crippen LogP contribution in [-0.4, -0.2) is 6.54 Å². The Balaban J connectivity index is 2.43. The van der Waals surface area contributed by atoms with E-state index in [0.717, 1.165) is 0 Å². The van der Waals surface area contributed by atoms with Gasteiger partial charge in [0.25, 0.3) is 0 Å². The lowest BCUT2D eigenvalue weighted by atomic mass is 10.8. The Morgan fingerprint density at radius 1 is 2.00 bits per heavy atom. The maximum Gasteiger partial charge on any atom is 0.218 e. The fourth-order valence-electron chi connectivity index (χ4n) is 0. The molecule has 0 N–H and O–H groups in total. The molecule has 0 bridgehead atoms. The van der Waals surface area contributed by atoms with Gasteiger partial charge in [-0.2, -0.15) is 0 Å². The molecule has 0 heterocycles. The first-order valence-corrected chi connectivity index (χ1v) is 0.948. The van der Waals surface area contributed by atoms with Crippen LogP contribution in [0.5, 0.6) is 0 Å². The average Bonchev–Trinajstić information content (AvgIpc) is 1.37. The van der Waals surface area contributed by atoms with Gasteiger partial charge in [-0.3, -0.25) is 0 Å². The van der Waals surface area contributed by atoms with Gasteiger partial charge in [0.2, 0.25) is 6.54 Å². The first-order chi connectivity index (χ1) is 1.91. The number of nitrogens with zero attached hydrogens (tertiary/aromatic N) is 1. The molecule has 1 heteroatoms. The van der Waals surface area contributed by atoms with Crippen LogP contribution >= 0.6 is 0 Å². The highest BCUT2D eigenvalue weighted by molar-refractivity contribution is 4.56. The van der Waals surface area contributed by atoms with Gasteiger partial charge in [0.05, 0.1) is 6.92 Å². The van der Waals surface area contributed by atoms with Crippen LogP contribution in [0.15, 0.2) is 0 Å². The Labute approximate surface area is 26.1 Å². The minimum absolute atomic E-state index is 0.111. The SMILES string of the molecule is [C-]#[N+]C[CH]. The van der Waals surface area contributed by atoms with Gasteiger partial charge >= 0.3 is 0 Å². The molecule has 0 fully saturated rings. The van der Waals surface area contributed by atoms with Crippen molar-refractivity contribution < 1.29 is 0 Å². The third kappa shape index (κ3) is 1.49. The van der Waals surface area contributed by atoms with Gasteiger partial charge in [-0.15, -0.1) is 0 Å². The second-order valence-electron chi connectivity index (χ2n) is 0.341. The van der Waals surface area contributed by atoms with Crippen molar-refractivity contribution in [3.05, 3.63) is 18.3 Å². The van der Waals surface area contributed by atoms with Crippen LogP contribution in [0.2, 0.25) is 0 Å². The smallest absolute Gasteiger partial charge is 0.218 e. The van der Waals surface area contributed by atoms with Gasteiger partial charge in [0.15, 0.2) is 0 Å². The zero-order valence-electron chi connectivity index (χ0n) is 2.23. The zero-order valence-corrected chi connectivity index (χ0v) is 2.23. The van der Waals surface area contributed by atoms with Gasteiger partial charge in [0.1, 0.15) is 0 Å². The molecular weight excluding hydrogens is 50.0 g/mol. The van der Waals surface area contributed by atoms with Crippen LogP contribution in [0, 0.1) is 13.5 Å².